The van der Waals surface area contributed by atoms with Gasteiger partial charge in [0.25, 0.3) is 0 Å². The fraction of sp³-hybridized carbons (Fsp3) is 0.333. The van der Waals surface area contributed by atoms with E-state index in [2.05, 4.69) is 25.2 Å². The van der Waals surface area contributed by atoms with Gasteiger partial charge in [0, 0.05) is 54.3 Å². The van der Waals surface area contributed by atoms with E-state index in [1.807, 2.05) is 19.9 Å². The number of pyridine rings is 1. The van der Waals surface area contributed by atoms with E-state index >= 15 is 0 Å². The molecule has 0 radical (unpaired) electrons. The van der Waals surface area contributed by atoms with Crippen molar-refractivity contribution < 1.29 is 13.6 Å². The molecule has 0 amide bonds. The number of halogens is 2. The van der Waals surface area contributed by atoms with E-state index in [1.165, 1.54) is 36.5 Å². The van der Waals surface area contributed by atoms with Crippen molar-refractivity contribution in [1.82, 2.24) is 20.3 Å². The lowest BCUT2D eigenvalue weighted by atomic mass is 9.87. The monoisotopic (exact) mass is 435 g/mol. The summed E-state index contributed by atoms with van der Waals surface area (Å²) in [6, 6.07) is 8.02. The van der Waals surface area contributed by atoms with Crippen LogP contribution in [-0.4, -0.2) is 46.4 Å². The summed E-state index contributed by atoms with van der Waals surface area (Å²) in [5.41, 5.74) is 2.28. The second kappa shape index (κ2) is 8.02. The molecule has 164 valence electrons. The summed E-state index contributed by atoms with van der Waals surface area (Å²) in [7, 11) is 0. The lowest BCUT2D eigenvalue weighted by Gasteiger charge is -2.22. The van der Waals surface area contributed by atoms with Gasteiger partial charge in [-0.15, -0.1) is 0 Å². The number of Topliss-reactive ketones (excluding diaryl/α,β-unsaturated/α-hetero) is 1. The molecule has 0 saturated carbocycles. The predicted molar refractivity (Wildman–Crippen MR) is 116 cm³/mol. The number of hydrogen-bond acceptors (Lipinski definition) is 6. The number of nitrogens with zero attached hydrogens (tertiary/aromatic N) is 4. The Balaban J connectivity index is 1.45. The number of nitrogens with one attached hydrogen (secondary N) is 1. The summed E-state index contributed by atoms with van der Waals surface area (Å²) in [4.78, 5) is 28.9. The molecule has 2 aliphatic heterocycles. The first kappa shape index (κ1) is 20.6. The first-order chi connectivity index (χ1) is 15.4. The van der Waals surface area contributed by atoms with Crippen LogP contribution in [0.3, 0.4) is 0 Å². The predicted octanol–water partition coefficient (Wildman–Crippen LogP) is 3.34. The molecule has 0 spiro atoms. The third-order valence-electron chi connectivity index (χ3n) is 6.32. The molecule has 3 unspecified atom stereocenters. The molecule has 2 saturated heterocycles. The van der Waals surface area contributed by atoms with Crippen LogP contribution < -0.4 is 10.2 Å². The highest BCUT2D eigenvalue weighted by Crippen LogP contribution is 2.35. The van der Waals surface area contributed by atoms with Gasteiger partial charge in [0.1, 0.15) is 17.3 Å². The number of aromatic nitrogens is 3. The number of carbonyl (C=O) groups is 1. The lowest BCUT2D eigenvalue weighted by molar-refractivity contribution is 0.0931. The van der Waals surface area contributed by atoms with Crippen molar-refractivity contribution in [3.8, 4) is 11.3 Å². The summed E-state index contributed by atoms with van der Waals surface area (Å²) in [5.74, 6) is -0.400. The molecule has 0 aliphatic carbocycles. The van der Waals surface area contributed by atoms with Crippen molar-refractivity contribution in [2.75, 3.05) is 24.5 Å². The first-order valence-corrected chi connectivity index (χ1v) is 10.7. The second-order valence-corrected chi connectivity index (χ2v) is 8.55. The van der Waals surface area contributed by atoms with Crippen LogP contribution in [0.1, 0.15) is 21.7 Å². The van der Waals surface area contributed by atoms with Crippen LogP contribution in [-0.2, 0) is 0 Å². The molecular formula is C24H23F2N5O. The molecule has 2 aromatic heterocycles. The van der Waals surface area contributed by atoms with Gasteiger partial charge in [-0.3, -0.25) is 9.78 Å². The van der Waals surface area contributed by atoms with E-state index in [-0.39, 0.29) is 28.9 Å². The van der Waals surface area contributed by atoms with Crippen molar-refractivity contribution in [2.24, 2.45) is 11.8 Å². The Morgan fingerprint density at radius 1 is 1.09 bits per heavy atom. The fourth-order valence-corrected chi connectivity index (χ4v) is 4.90. The minimum atomic E-state index is -0.551. The number of anilines is 1. The van der Waals surface area contributed by atoms with Crippen LogP contribution in [0.5, 0.6) is 0 Å². The number of ketones is 1. The number of rotatable bonds is 4. The van der Waals surface area contributed by atoms with Gasteiger partial charge in [0.15, 0.2) is 5.78 Å². The minimum absolute atomic E-state index is 0.0246. The highest BCUT2D eigenvalue weighted by atomic mass is 19.1. The Kier molecular flexibility index (Phi) is 5.17. The van der Waals surface area contributed by atoms with Gasteiger partial charge in [0.2, 0.25) is 5.95 Å². The van der Waals surface area contributed by atoms with Gasteiger partial charge >= 0.3 is 0 Å². The number of aryl methyl sites for hydroxylation is 2. The maximum absolute atomic E-state index is 14.4. The number of fused-ring (bicyclic) bond motifs is 1. The largest absolute Gasteiger partial charge is 0.340 e. The third-order valence-corrected chi connectivity index (χ3v) is 6.32. The van der Waals surface area contributed by atoms with E-state index in [0.717, 1.165) is 17.9 Å². The van der Waals surface area contributed by atoms with Gasteiger partial charge in [-0.05, 0) is 56.2 Å². The Hall–Kier alpha value is -3.26. The fourth-order valence-electron chi connectivity index (χ4n) is 4.90. The van der Waals surface area contributed by atoms with E-state index < -0.39 is 17.7 Å². The lowest BCUT2D eigenvalue weighted by Crippen LogP contribution is -2.39. The van der Waals surface area contributed by atoms with E-state index in [1.54, 1.807) is 0 Å². The molecular weight excluding hydrogens is 412 g/mol. The molecule has 2 aliphatic rings. The van der Waals surface area contributed by atoms with Gasteiger partial charge < -0.3 is 10.2 Å². The van der Waals surface area contributed by atoms with Gasteiger partial charge in [-0.25, -0.2) is 18.7 Å². The molecule has 8 heteroatoms. The van der Waals surface area contributed by atoms with Crippen LogP contribution in [0.15, 0.2) is 42.6 Å². The van der Waals surface area contributed by atoms with E-state index in [0.29, 0.717) is 24.6 Å². The van der Waals surface area contributed by atoms with Gasteiger partial charge in [0.05, 0.1) is 6.04 Å². The molecule has 1 aromatic carbocycles. The average Bonchev–Trinajstić information content (AvgIpc) is 3.34. The van der Waals surface area contributed by atoms with Crippen molar-refractivity contribution >= 4 is 11.7 Å². The van der Waals surface area contributed by atoms with Crippen molar-refractivity contribution in [2.45, 2.75) is 19.9 Å². The number of benzene rings is 1. The standard InChI is InChI=1S/C24H23F2N5O/c1-13-8-14(2)30-24(29-13)31-11-15-10-28-22(19(15)12-31)23(32)18-9-16(25)5-6-17(18)21-20(26)4-3-7-27-21/h3-9,15,19,22,28H,10-12H2,1-2H3. The average molecular weight is 435 g/mol. The van der Waals surface area contributed by atoms with Crippen LogP contribution in [0.2, 0.25) is 0 Å². The zero-order valence-corrected chi connectivity index (χ0v) is 17.8. The number of hydrogen-bond donors (Lipinski definition) is 1. The van der Waals surface area contributed by atoms with Crippen LogP contribution >= 0.6 is 0 Å². The molecule has 4 heterocycles. The Morgan fingerprint density at radius 3 is 2.62 bits per heavy atom. The summed E-state index contributed by atoms with van der Waals surface area (Å²) in [5, 5.41) is 3.31. The summed E-state index contributed by atoms with van der Waals surface area (Å²) < 4.78 is 28.5. The molecule has 3 aromatic rings. The maximum Gasteiger partial charge on any atom is 0.225 e. The molecule has 5 rings (SSSR count). The summed E-state index contributed by atoms with van der Waals surface area (Å²) in [6.45, 7) is 5.91. The van der Waals surface area contributed by atoms with E-state index in [9.17, 15) is 13.6 Å². The first-order valence-electron chi connectivity index (χ1n) is 10.7. The molecule has 3 atom stereocenters. The highest BCUT2D eigenvalue weighted by molar-refractivity contribution is 6.05. The molecule has 6 nitrogen and oxygen atoms in total. The van der Waals surface area contributed by atoms with Gasteiger partial charge in [-0.1, -0.05) is 0 Å². The molecule has 1 N–H and O–H groups in total. The Bertz CT molecular complexity index is 1180. The molecule has 0 bridgehead atoms. The SMILES string of the molecule is Cc1cc(C)nc(N2CC3CNC(C(=O)c4cc(F)ccc4-c4ncccc4F)C3C2)n1. The number of carbonyl (C=O) groups excluding carboxylic acids is 1. The Labute approximate surface area is 184 Å². The van der Waals surface area contributed by atoms with Crippen molar-refractivity contribution in [1.29, 1.82) is 0 Å². The third kappa shape index (κ3) is 3.64. The van der Waals surface area contributed by atoms with Crippen LogP contribution in [0.25, 0.3) is 11.3 Å². The summed E-state index contributed by atoms with van der Waals surface area (Å²) >= 11 is 0. The zero-order chi connectivity index (χ0) is 22.4. The molecule has 2 fully saturated rings. The quantitative estimate of drug-likeness (QED) is 0.634. The van der Waals surface area contributed by atoms with E-state index in [4.69, 9.17) is 0 Å². The van der Waals surface area contributed by atoms with Crippen molar-refractivity contribution in [3.63, 3.8) is 0 Å². The minimum Gasteiger partial charge on any atom is -0.340 e. The topological polar surface area (TPSA) is 71.0 Å². The summed E-state index contributed by atoms with van der Waals surface area (Å²) in [6.07, 6.45) is 1.46. The van der Waals surface area contributed by atoms with Gasteiger partial charge in [-0.2, -0.15) is 0 Å². The molecule has 32 heavy (non-hydrogen) atoms. The zero-order valence-electron chi connectivity index (χ0n) is 17.8. The Morgan fingerprint density at radius 2 is 1.88 bits per heavy atom. The highest BCUT2D eigenvalue weighted by Gasteiger charge is 2.46. The maximum atomic E-state index is 14.4. The smallest absolute Gasteiger partial charge is 0.225 e. The van der Waals surface area contributed by atoms with Crippen LogP contribution in [0.4, 0.5) is 14.7 Å². The van der Waals surface area contributed by atoms with Crippen molar-refractivity contribution in [3.05, 3.63) is 71.2 Å². The van der Waals surface area contributed by atoms with Crippen LogP contribution in [0, 0.1) is 37.3 Å². The normalized spacial score (nSPS) is 22.2. The second-order valence-electron chi connectivity index (χ2n) is 8.55.